The molecule has 0 aliphatic carbocycles. The molecule has 29 heteroatoms. The van der Waals surface area contributed by atoms with E-state index >= 15 is 0 Å². The molecule has 4 aromatic carbocycles. The summed E-state index contributed by atoms with van der Waals surface area (Å²) in [6.45, 7) is 4.14. The number of carboxylic acid groups (broad SMARTS) is 3. The summed E-state index contributed by atoms with van der Waals surface area (Å²) in [5, 5.41) is 63.8. The number of aliphatic carboxylic acids is 3. The van der Waals surface area contributed by atoms with Gasteiger partial charge in [-0.25, -0.2) is 4.79 Å². The van der Waals surface area contributed by atoms with Crippen LogP contribution in [0.15, 0.2) is 93.4 Å². The summed E-state index contributed by atoms with van der Waals surface area (Å²) in [5.74, 6) is -5.63. The zero-order chi connectivity index (χ0) is 63.1. The van der Waals surface area contributed by atoms with Crippen LogP contribution in [0, 0.1) is 0 Å². The van der Waals surface area contributed by atoms with Crippen molar-refractivity contribution in [2.24, 2.45) is 10.7 Å². The van der Waals surface area contributed by atoms with Crippen LogP contribution in [-0.2, 0) is 40.1 Å². The number of urea groups is 1. The number of amides is 6. The molecule has 1 unspecified atom stereocenters. The molecule has 0 saturated carbocycles. The summed E-state index contributed by atoms with van der Waals surface area (Å²) in [6, 6.07) is 21.0. The largest absolute Gasteiger partial charge is 0.508 e. The van der Waals surface area contributed by atoms with E-state index in [2.05, 4.69) is 52.8 Å². The molecule has 6 amide bonds. The lowest BCUT2D eigenvalue weighted by Crippen LogP contribution is -2.50. The van der Waals surface area contributed by atoms with Crippen molar-refractivity contribution in [2.45, 2.75) is 51.1 Å². The topological polar surface area (TPSA) is 411 Å². The van der Waals surface area contributed by atoms with E-state index in [-0.39, 0.29) is 166 Å². The molecule has 2 atom stereocenters. The molecule has 1 heterocycles. The van der Waals surface area contributed by atoms with Crippen molar-refractivity contribution in [3.05, 3.63) is 116 Å². The molecule has 1 fully saturated rings. The number of guanidine groups is 1. The van der Waals surface area contributed by atoms with Gasteiger partial charge in [-0.15, -0.1) is 0 Å². The lowest BCUT2D eigenvalue weighted by Gasteiger charge is -2.32. The van der Waals surface area contributed by atoms with Crippen molar-refractivity contribution in [1.82, 2.24) is 51.5 Å². The molecule has 0 bridgehead atoms. The number of nitrogens with one attached hydrogen (secondary N) is 9. The third-order valence-corrected chi connectivity index (χ3v) is 13.9. The Morgan fingerprint density at radius 1 is 0.563 bits per heavy atom. The van der Waals surface area contributed by atoms with E-state index in [9.17, 15) is 68.4 Å². The molecule has 4 aromatic rings. The molecule has 0 radical (unpaired) electrons. The van der Waals surface area contributed by atoms with E-state index in [1.807, 2.05) is 30.3 Å². The van der Waals surface area contributed by atoms with Crippen LogP contribution in [0.2, 0.25) is 0 Å². The Bertz CT molecular complexity index is 2980. The van der Waals surface area contributed by atoms with E-state index in [1.54, 1.807) is 62.9 Å². The predicted octanol–water partition coefficient (Wildman–Crippen LogP) is -1.24. The number of carbonyl (C=O) groups excluding carboxylic acids is 5. The quantitative estimate of drug-likeness (QED) is 0.0115. The highest BCUT2D eigenvalue weighted by Crippen LogP contribution is 2.28. The maximum atomic E-state index is 14.5. The molecule has 1 aliphatic rings. The number of carboxylic acids is 3. The van der Waals surface area contributed by atoms with Crippen molar-refractivity contribution >= 4 is 70.6 Å². The number of hydrogen-bond donors (Lipinski definition) is 14. The Morgan fingerprint density at radius 3 is 1.66 bits per heavy atom. The number of nitrogens with zero attached hydrogens (tertiary/aromatic N) is 5. The molecule has 15 N–H and O–H groups in total. The van der Waals surface area contributed by atoms with Crippen LogP contribution in [0.1, 0.15) is 55.2 Å². The Morgan fingerprint density at radius 2 is 1.08 bits per heavy atom. The number of hydrogen-bond acceptors (Lipinski definition) is 19. The first-order chi connectivity index (χ1) is 41.8. The minimum Gasteiger partial charge on any atom is -0.508 e. The monoisotopic (exact) mass is 1210 g/mol. The second-order valence-electron chi connectivity index (χ2n) is 20.6. The molecule has 5 rings (SSSR count). The highest BCUT2D eigenvalue weighted by molar-refractivity contribution is 5.95. The van der Waals surface area contributed by atoms with Gasteiger partial charge in [-0.1, -0.05) is 61.5 Å². The van der Waals surface area contributed by atoms with Gasteiger partial charge in [0.05, 0.1) is 32.1 Å². The molecule has 472 valence electrons. The van der Waals surface area contributed by atoms with Crippen LogP contribution in [-0.4, -0.2) is 224 Å². The van der Waals surface area contributed by atoms with E-state index in [0.29, 0.717) is 48.3 Å². The number of anilines is 3. The Kier molecular flexibility index (Phi) is 28.9. The zero-order valence-corrected chi connectivity index (χ0v) is 48.8. The number of aliphatic imine (C=N–C) groups is 1. The smallest absolute Gasteiger partial charge is 0.321 e. The third-order valence-electron chi connectivity index (χ3n) is 13.9. The van der Waals surface area contributed by atoms with Crippen LogP contribution >= 0.6 is 0 Å². The minimum atomic E-state index is -1.07. The van der Waals surface area contributed by atoms with Crippen LogP contribution in [0.4, 0.5) is 21.9 Å². The third kappa shape index (κ3) is 25.1. The molecule has 29 nitrogen and oxygen atoms in total. The predicted molar refractivity (Wildman–Crippen MR) is 325 cm³/mol. The molecule has 1 aliphatic heterocycles. The first-order valence-electron chi connectivity index (χ1n) is 28.8. The van der Waals surface area contributed by atoms with Gasteiger partial charge in [0.15, 0.2) is 5.96 Å². The maximum Gasteiger partial charge on any atom is 0.321 e. The van der Waals surface area contributed by atoms with Gasteiger partial charge in [-0.3, -0.25) is 73.1 Å². The second-order valence-corrected chi connectivity index (χ2v) is 20.6. The van der Waals surface area contributed by atoms with Crippen LogP contribution in [0.25, 0.3) is 0 Å². The molecular weight excluding hydrogens is 1130 g/mol. The van der Waals surface area contributed by atoms with E-state index in [4.69, 9.17) is 5.73 Å². The summed E-state index contributed by atoms with van der Waals surface area (Å²) >= 11 is 0. The van der Waals surface area contributed by atoms with Crippen LogP contribution in [0.3, 0.4) is 0 Å². The van der Waals surface area contributed by atoms with Gasteiger partial charge in [-0.05, 0) is 60.2 Å². The number of nitrogens with two attached hydrogens (primary N) is 1. The van der Waals surface area contributed by atoms with E-state index < -0.39 is 58.6 Å². The normalized spacial score (nSPS) is 14.7. The van der Waals surface area contributed by atoms with Gasteiger partial charge >= 0.3 is 23.9 Å². The van der Waals surface area contributed by atoms with Crippen molar-refractivity contribution in [3.63, 3.8) is 0 Å². The fourth-order valence-electron chi connectivity index (χ4n) is 9.31. The summed E-state index contributed by atoms with van der Waals surface area (Å²) in [5.41, 5.74) is 7.40. The van der Waals surface area contributed by atoms with Gasteiger partial charge in [0.25, 0.3) is 10.9 Å². The summed E-state index contributed by atoms with van der Waals surface area (Å²) in [7, 11) is 0. The van der Waals surface area contributed by atoms with E-state index in [1.165, 1.54) is 12.1 Å². The standard InChI is InChI=1S/C58H81N15O14/c1-2-45(75)61-22-24-66-58(87)69-57(59)65-18-7-13-44(55(85)67-34-39-14-16-43(74)17-15-39)68-56(86)50(40-9-4-3-5-10-40)41-11-6-12-42(33-41)60-19-8-20-63-51-52(54(84)53(51)83)64-23-21-62-46(76)35-70-25-27-71(36-47(77)78)29-31-73(38-49(81)82)32-30-72(28-26-70)37-48(79)80/h3-6,9-12,14-17,33,44,50,60,63-64,74H,2,7-8,13,18-32,34-38H2,1H3,(H,61,75)(H,62,76)(H,67,85)(H,68,86)(H,77,78)(H,79,80)(H,81,82)(H4,59,65,66,69,87)/t44-,50?/m1/s1. The average molecular weight is 1210 g/mol. The lowest BCUT2D eigenvalue weighted by molar-refractivity contribution is -0.140. The number of rotatable bonds is 33. The first-order valence-corrected chi connectivity index (χ1v) is 28.8. The van der Waals surface area contributed by atoms with Crippen LogP contribution < -0.4 is 64.4 Å². The SMILES string of the molecule is CCC(=O)NCCNC(=O)NC(N)=NCCC[C@@H](NC(=O)C(c1ccccc1)c1cccc(NCCCNc2c(NCCNC(=O)CN3CCN(CC(=O)O)CCN(CC(=O)O)CCN(CC(=O)O)CC3)c(=O)c2=O)c1)C(=O)NCc1ccc(O)cc1. The number of phenols is 1. The Labute approximate surface area is 503 Å². The summed E-state index contributed by atoms with van der Waals surface area (Å²) < 4.78 is 0. The highest BCUT2D eigenvalue weighted by Gasteiger charge is 2.29. The molecule has 1 saturated heterocycles. The Hall–Kier alpha value is -9.19. The first kappa shape index (κ1) is 68.6. The number of benzene rings is 3. The minimum absolute atomic E-state index is 0.0642. The van der Waals surface area contributed by atoms with Crippen molar-refractivity contribution in [1.29, 1.82) is 0 Å². The maximum absolute atomic E-state index is 14.5. The molecular formula is C58H81N15O14. The van der Waals surface area contributed by atoms with Crippen molar-refractivity contribution in [2.75, 3.05) is 140 Å². The second kappa shape index (κ2) is 36.6. The average Bonchev–Trinajstić information content (AvgIpc) is 1.41. The summed E-state index contributed by atoms with van der Waals surface area (Å²) in [4.78, 5) is 136. The fourth-order valence-corrected chi connectivity index (χ4v) is 9.31. The number of carbonyl (C=O) groups is 8. The van der Waals surface area contributed by atoms with Gasteiger partial charge in [-0.2, -0.15) is 0 Å². The fraction of sp³-hybridized carbons (Fsp3) is 0.466. The van der Waals surface area contributed by atoms with Gasteiger partial charge in [0.2, 0.25) is 23.6 Å². The Balaban J connectivity index is 1.13. The highest BCUT2D eigenvalue weighted by atomic mass is 16.4. The van der Waals surface area contributed by atoms with Gasteiger partial charge in [0, 0.05) is 117 Å². The van der Waals surface area contributed by atoms with Crippen LogP contribution in [0.5, 0.6) is 5.75 Å². The number of phenolic OH excluding ortho intramolecular Hbond substituents is 1. The van der Waals surface area contributed by atoms with Crippen molar-refractivity contribution < 1.29 is 58.8 Å². The lowest BCUT2D eigenvalue weighted by atomic mass is 9.89. The molecule has 0 spiro atoms. The molecule has 0 aromatic heterocycles. The summed E-state index contributed by atoms with van der Waals surface area (Å²) in [6.07, 6.45) is 1.22. The van der Waals surface area contributed by atoms with Gasteiger partial charge in [0.1, 0.15) is 23.2 Å². The van der Waals surface area contributed by atoms with E-state index in [0.717, 1.165) is 0 Å². The number of aromatic hydroxyl groups is 1. The van der Waals surface area contributed by atoms with Crippen molar-refractivity contribution in [3.8, 4) is 5.75 Å². The van der Waals surface area contributed by atoms with Gasteiger partial charge < -0.3 is 68.7 Å². The zero-order valence-electron chi connectivity index (χ0n) is 48.8. The molecule has 87 heavy (non-hydrogen) atoms.